The molecule has 2 unspecified atom stereocenters. The first-order chi connectivity index (χ1) is 1.91. The number of hydrogen-bond donors (Lipinski definition) is 0. The molecule has 3 heteroatoms. The van der Waals surface area contributed by atoms with E-state index in [9.17, 15) is 0 Å². The highest BCUT2D eigenvalue weighted by atomic mass is 32.0. The minimum Gasteiger partial charge on any atom is -0.639 e. The van der Waals surface area contributed by atoms with Crippen molar-refractivity contribution in [3.05, 3.63) is 5.09 Å². The van der Waals surface area contributed by atoms with Crippen molar-refractivity contribution >= 4 is 17.3 Å². The van der Waals surface area contributed by atoms with Crippen LogP contribution in [0.1, 0.15) is 0 Å². The normalized spacial score (nSPS) is 10.5. The minimum atomic E-state index is 0.682. The van der Waals surface area contributed by atoms with Crippen LogP contribution in [-0.2, 0) is 0 Å². The van der Waals surface area contributed by atoms with Crippen molar-refractivity contribution in [1.82, 2.24) is 0 Å². The zero-order valence-corrected chi connectivity index (χ0v) is 4.68. The van der Waals surface area contributed by atoms with Gasteiger partial charge in [-0.15, -0.1) is 8.93 Å². The van der Waals surface area contributed by atoms with E-state index in [2.05, 4.69) is 14.0 Å². The molecule has 0 aliphatic rings. The summed E-state index contributed by atoms with van der Waals surface area (Å²) >= 11 is 0. The zero-order chi connectivity index (χ0) is 3.41. The van der Waals surface area contributed by atoms with Crippen molar-refractivity contribution in [3.63, 3.8) is 0 Å². The molecule has 0 heterocycles. The van der Waals surface area contributed by atoms with E-state index in [1.807, 2.05) is 0 Å². The SMILES string of the molecule is C[N-]PP. The smallest absolute Gasteiger partial charge is 0.136 e. The maximum absolute atomic E-state index is 3.73. The predicted octanol–water partition coefficient (Wildman–Crippen LogP) is 1.37. The fourth-order valence-corrected chi connectivity index (χ4v) is 0. The lowest BCUT2D eigenvalue weighted by Gasteiger charge is -1.99. The molecule has 0 aromatic carbocycles. The van der Waals surface area contributed by atoms with E-state index in [0.717, 1.165) is 0 Å². The fourth-order valence-electron chi connectivity index (χ4n) is 0. The second kappa shape index (κ2) is 3.82. The van der Waals surface area contributed by atoms with E-state index < -0.39 is 0 Å². The summed E-state index contributed by atoms with van der Waals surface area (Å²) in [6, 6.07) is 0. The number of rotatable bonds is 1. The summed E-state index contributed by atoms with van der Waals surface area (Å²) in [5.41, 5.74) is 0. The molecular weight excluding hydrogens is 88.0 g/mol. The van der Waals surface area contributed by atoms with Gasteiger partial charge >= 0.3 is 0 Å². The van der Waals surface area contributed by atoms with Gasteiger partial charge in [-0.25, -0.2) is 8.42 Å². The largest absolute Gasteiger partial charge is 0.639 e. The van der Waals surface area contributed by atoms with Crippen LogP contribution in [0.5, 0.6) is 0 Å². The highest BCUT2D eigenvalue weighted by molar-refractivity contribution is 8.04. The number of nitrogens with zero attached hydrogens (tertiary/aromatic N) is 1. The molecule has 0 aromatic rings. The molecule has 1 nitrogen and oxygen atoms in total. The van der Waals surface area contributed by atoms with Crippen LogP contribution >= 0.6 is 17.3 Å². The van der Waals surface area contributed by atoms with Crippen molar-refractivity contribution in [2.45, 2.75) is 0 Å². The Bertz CT molecular complexity index is 8.00. The third kappa shape index (κ3) is 2.82. The van der Waals surface area contributed by atoms with Crippen molar-refractivity contribution in [2.24, 2.45) is 0 Å². The van der Waals surface area contributed by atoms with Crippen molar-refractivity contribution in [2.75, 3.05) is 7.05 Å². The van der Waals surface area contributed by atoms with Gasteiger partial charge in [0.15, 0.2) is 0 Å². The molecule has 0 bridgehead atoms. The summed E-state index contributed by atoms with van der Waals surface area (Å²) in [5, 5.41) is 3.73. The summed E-state index contributed by atoms with van der Waals surface area (Å²) in [6.45, 7) is 0. The first-order valence-electron chi connectivity index (χ1n) is 0.959. The molecular formula is CH6NP2-. The van der Waals surface area contributed by atoms with Crippen LogP contribution < -0.4 is 0 Å². The van der Waals surface area contributed by atoms with Gasteiger partial charge in [0.1, 0.15) is 0 Å². The first-order valence-corrected chi connectivity index (χ1v) is 3.72. The van der Waals surface area contributed by atoms with Gasteiger partial charge < -0.3 is 5.09 Å². The standard InChI is InChI=1S/CH6NP2/c1-2-4-3/h4H,3H2,1H3/q-1. The van der Waals surface area contributed by atoms with Gasteiger partial charge in [-0.2, -0.15) is 7.05 Å². The fraction of sp³-hybridized carbons (Fsp3) is 1.00. The molecule has 2 atom stereocenters. The van der Waals surface area contributed by atoms with Gasteiger partial charge in [-0.1, -0.05) is 0 Å². The molecule has 0 saturated carbocycles. The van der Waals surface area contributed by atoms with Crippen molar-refractivity contribution < 1.29 is 0 Å². The predicted molar refractivity (Wildman–Crippen MR) is 27.3 cm³/mol. The second-order valence-corrected chi connectivity index (χ2v) is 1.83. The molecule has 0 rings (SSSR count). The maximum Gasteiger partial charge on any atom is -0.136 e. The topological polar surface area (TPSA) is 14.1 Å². The number of hydrogen-bond acceptors (Lipinski definition) is 0. The van der Waals surface area contributed by atoms with Gasteiger partial charge in [0.25, 0.3) is 0 Å². The summed E-state index contributed by atoms with van der Waals surface area (Å²) in [4.78, 5) is 0. The Labute approximate surface area is 30.5 Å². The average molecular weight is 94.0 g/mol. The van der Waals surface area contributed by atoms with Crippen LogP contribution in [0, 0.1) is 0 Å². The molecule has 26 valence electrons. The molecule has 0 saturated heterocycles. The Morgan fingerprint density at radius 1 is 2.00 bits per heavy atom. The lowest BCUT2D eigenvalue weighted by atomic mass is 11.6. The van der Waals surface area contributed by atoms with E-state index in [-0.39, 0.29) is 0 Å². The summed E-state index contributed by atoms with van der Waals surface area (Å²) in [6.07, 6.45) is 0. The third-order valence-electron chi connectivity index (χ3n) is 0.129. The molecule has 0 amide bonds. The van der Waals surface area contributed by atoms with Crippen LogP contribution in [0.2, 0.25) is 0 Å². The van der Waals surface area contributed by atoms with Gasteiger partial charge in [0.2, 0.25) is 0 Å². The van der Waals surface area contributed by atoms with Crippen LogP contribution in [0.3, 0.4) is 0 Å². The minimum absolute atomic E-state index is 0.682. The molecule has 0 fully saturated rings. The summed E-state index contributed by atoms with van der Waals surface area (Å²) in [7, 11) is 5.00. The molecule has 0 aromatic heterocycles. The van der Waals surface area contributed by atoms with E-state index >= 15 is 0 Å². The lowest BCUT2D eigenvalue weighted by Crippen LogP contribution is -1.26. The highest BCUT2D eigenvalue weighted by Gasteiger charge is 1.29. The van der Waals surface area contributed by atoms with Gasteiger partial charge in [0, 0.05) is 0 Å². The molecule has 0 radical (unpaired) electrons. The van der Waals surface area contributed by atoms with Crippen LogP contribution in [0.4, 0.5) is 0 Å². The maximum atomic E-state index is 3.73. The van der Waals surface area contributed by atoms with Crippen LogP contribution in [0.25, 0.3) is 5.09 Å². The van der Waals surface area contributed by atoms with E-state index in [1.165, 1.54) is 0 Å². The Balaban J connectivity index is 1.97. The summed E-state index contributed by atoms with van der Waals surface area (Å²) < 4.78 is 0. The quantitative estimate of drug-likeness (QED) is 0.436. The Kier molecular flexibility index (Phi) is 4.60. The first kappa shape index (κ1) is 4.82. The molecule has 0 aliphatic carbocycles. The van der Waals surface area contributed by atoms with Crippen molar-refractivity contribution in [1.29, 1.82) is 0 Å². The Morgan fingerprint density at radius 3 is 2.25 bits per heavy atom. The van der Waals surface area contributed by atoms with Crippen LogP contribution in [-0.4, -0.2) is 7.05 Å². The molecule has 0 N–H and O–H groups in total. The highest BCUT2D eigenvalue weighted by Crippen LogP contribution is 2.24. The van der Waals surface area contributed by atoms with Gasteiger partial charge in [-0.3, -0.25) is 0 Å². The molecule has 0 aliphatic heterocycles. The monoisotopic (exact) mass is 94.0 g/mol. The van der Waals surface area contributed by atoms with Gasteiger partial charge in [0.05, 0.1) is 0 Å². The van der Waals surface area contributed by atoms with Gasteiger partial charge in [-0.05, 0) is 0 Å². The van der Waals surface area contributed by atoms with Crippen LogP contribution in [0.15, 0.2) is 0 Å². The molecule has 4 heavy (non-hydrogen) atoms. The third-order valence-corrected chi connectivity index (χ3v) is 1.16. The lowest BCUT2D eigenvalue weighted by molar-refractivity contribution is 1.93. The second-order valence-electron chi connectivity index (χ2n) is 0.353. The molecule has 0 spiro atoms. The van der Waals surface area contributed by atoms with Crippen molar-refractivity contribution in [3.8, 4) is 0 Å². The Hall–Kier alpha value is 0.820. The van der Waals surface area contributed by atoms with E-state index in [4.69, 9.17) is 0 Å². The zero-order valence-electron chi connectivity index (χ0n) is 2.52. The van der Waals surface area contributed by atoms with E-state index in [0.29, 0.717) is 8.42 Å². The Morgan fingerprint density at radius 2 is 2.25 bits per heavy atom. The van der Waals surface area contributed by atoms with E-state index in [1.54, 1.807) is 7.05 Å². The average Bonchev–Trinajstić information content (AvgIpc) is 1.37. The summed E-state index contributed by atoms with van der Waals surface area (Å²) in [5.74, 6) is 0.